The van der Waals surface area contributed by atoms with Crippen molar-refractivity contribution in [2.24, 2.45) is 0 Å². The van der Waals surface area contributed by atoms with Gasteiger partial charge in [0.15, 0.2) is 0 Å². The predicted octanol–water partition coefficient (Wildman–Crippen LogP) is 2.75. The number of carbonyl (C=O) groups is 2. The van der Waals surface area contributed by atoms with E-state index in [1.54, 1.807) is 34.9 Å². The summed E-state index contributed by atoms with van der Waals surface area (Å²) in [6.45, 7) is 0.348. The quantitative estimate of drug-likeness (QED) is 0.916. The third-order valence-corrected chi connectivity index (χ3v) is 5.95. The number of carbonyl (C=O) groups excluding carboxylic acids is 2. The van der Waals surface area contributed by atoms with Crippen LogP contribution in [0.2, 0.25) is 0 Å². The Morgan fingerprint density at radius 3 is 2.80 bits per heavy atom. The van der Waals surface area contributed by atoms with Crippen LogP contribution < -0.4 is 5.32 Å². The lowest BCUT2D eigenvalue weighted by Gasteiger charge is -2.22. The van der Waals surface area contributed by atoms with Crippen LogP contribution in [-0.4, -0.2) is 35.1 Å². The van der Waals surface area contributed by atoms with Gasteiger partial charge < -0.3 is 10.2 Å². The average molecular weight is 356 g/mol. The van der Waals surface area contributed by atoms with E-state index in [4.69, 9.17) is 0 Å². The molecular weight excluding hydrogens is 339 g/mol. The summed E-state index contributed by atoms with van der Waals surface area (Å²) >= 11 is 1.61. The second-order valence-corrected chi connectivity index (χ2v) is 7.25. The molecule has 2 aliphatic heterocycles. The molecule has 2 aromatic rings. The zero-order chi connectivity index (χ0) is 17.4. The molecule has 1 saturated heterocycles. The molecule has 4 rings (SSSR count). The largest absolute Gasteiger partial charge is 0.354 e. The standard InChI is InChI=1S/C19H17FN2O2S/c20-15-8-4-1-5-12(15)9-10-21-17(23)16-11-25-19-14-7-3-2-6-13(14)18(24)22(16)19/h1-8,16,19H,9-11H2,(H,21,23)/t16-,19-/m0/s1. The number of halogens is 1. The fourth-order valence-electron chi connectivity index (χ4n) is 3.38. The molecule has 2 aliphatic rings. The minimum absolute atomic E-state index is 0.0778. The molecule has 0 saturated carbocycles. The Morgan fingerprint density at radius 1 is 1.20 bits per heavy atom. The minimum Gasteiger partial charge on any atom is -0.354 e. The molecule has 2 atom stereocenters. The first-order chi connectivity index (χ1) is 12.2. The SMILES string of the molecule is O=C(NCCc1ccccc1F)[C@@H]1CS[C@H]2c3ccccc3C(=O)N12. The van der Waals surface area contributed by atoms with Gasteiger partial charge in [0.2, 0.25) is 5.91 Å². The first-order valence-electron chi connectivity index (χ1n) is 8.21. The molecule has 0 aromatic heterocycles. The molecule has 0 bridgehead atoms. The van der Waals surface area contributed by atoms with Gasteiger partial charge in [0, 0.05) is 17.9 Å². The second-order valence-electron chi connectivity index (χ2n) is 6.13. The van der Waals surface area contributed by atoms with Crippen molar-refractivity contribution in [3.63, 3.8) is 0 Å². The molecule has 4 nitrogen and oxygen atoms in total. The van der Waals surface area contributed by atoms with Crippen LogP contribution in [0.1, 0.15) is 26.9 Å². The van der Waals surface area contributed by atoms with Crippen LogP contribution in [0.4, 0.5) is 4.39 Å². The summed E-state index contributed by atoms with van der Waals surface area (Å²) in [5, 5.41) is 2.77. The summed E-state index contributed by atoms with van der Waals surface area (Å²) in [5.41, 5.74) is 2.24. The fraction of sp³-hybridized carbons (Fsp3) is 0.263. The van der Waals surface area contributed by atoms with Crippen LogP contribution in [0, 0.1) is 5.82 Å². The highest BCUT2D eigenvalue weighted by atomic mass is 32.2. The summed E-state index contributed by atoms with van der Waals surface area (Å²) in [5.74, 6) is 0.0572. The number of thioether (sulfide) groups is 1. The summed E-state index contributed by atoms with van der Waals surface area (Å²) in [7, 11) is 0. The molecule has 2 heterocycles. The molecular formula is C19H17FN2O2S. The Kier molecular flexibility index (Phi) is 4.21. The van der Waals surface area contributed by atoms with Crippen LogP contribution >= 0.6 is 11.8 Å². The Hall–Kier alpha value is -2.34. The molecule has 2 aromatic carbocycles. The molecule has 128 valence electrons. The van der Waals surface area contributed by atoms with Crippen molar-refractivity contribution < 1.29 is 14.0 Å². The van der Waals surface area contributed by atoms with Crippen molar-refractivity contribution >= 4 is 23.6 Å². The van der Waals surface area contributed by atoms with E-state index in [0.717, 1.165) is 5.56 Å². The number of fused-ring (bicyclic) bond motifs is 3. The van der Waals surface area contributed by atoms with E-state index in [0.29, 0.717) is 29.8 Å². The van der Waals surface area contributed by atoms with Crippen molar-refractivity contribution in [3.8, 4) is 0 Å². The summed E-state index contributed by atoms with van der Waals surface area (Å²) in [4.78, 5) is 26.8. The lowest BCUT2D eigenvalue weighted by atomic mass is 10.1. The van der Waals surface area contributed by atoms with Gasteiger partial charge in [0.1, 0.15) is 17.2 Å². The zero-order valence-corrected chi connectivity index (χ0v) is 14.3. The summed E-state index contributed by atoms with van der Waals surface area (Å²) in [6.07, 6.45) is 0.426. The van der Waals surface area contributed by atoms with Crippen LogP contribution in [-0.2, 0) is 11.2 Å². The minimum atomic E-state index is -0.476. The molecule has 1 N–H and O–H groups in total. The van der Waals surface area contributed by atoms with Gasteiger partial charge in [0.25, 0.3) is 5.91 Å². The van der Waals surface area contributed by atoms with Crippen LogP contribution in [0.25, 0.3) is 0 Å². The molecule has 0 aliphatic carbocycles. The molecule has 1 fully saturated rings. The number of benzene rings is 2. The van der Waals surface area contributed by atoms with Gasteiger partial charge in [-0.1, -0.05) is 36.4 Å². The number of hydrogen-bond acceptors (Lipinski definition) is 3. The van der Waals surface area contributed by atoms with Gasteiger partial charge in [0.05, 0.1) is 0 Å². The number of nitrogens with zero attached hydrogens (tertiary/aromatic N) is 1. The Labute approximate surface area is 149 Å². The first-order valence-corrected chi connectivity index (χ1v) is 9.26. The van der Waals surface area contributed by atoms with Gasteiger partial charge in [-0.15, -0.1) is 11.8 Å². The highest BCUT2D eigenvalue weighted by Crippen LogP contribution is 2.47. The molecule has 0 radical (unpaired) electrons. The number of rotatable bonds is 4. The second kappa shape index (κ2) is 6.52. The van der Waals surface area contributed by atoms with E-state index < -0.39 is 6.04 Å². The number of hydrogen-bond donors (Lipinski definition) is 1. The Balaban J connectivity index is 1.41. The summed E-state index contributed by atoms with van der Waals surface area (Å²) < 4.78 is 13.6. The van der Waals surface area contributed by atoms with E-state index in [2.05, 4.69) is 5.32 Å². The molecule has 25 heavy (non-hydrogen) atoms. The average Bonchev–Trinajstić information content (AvgIpc) is 3.17. The molecule has 6 heteroatoms. The Bertz CT molecular complexity index is 842. The van der Waals surface area contributed by atoms with Gasteiger partial charge >= 0.3 is 0 Å². The zero-order valence-electron chi connectivity index (χ0n) is 13.4. The van der Waals surface area contributed by atoms with E-state index >= 15 is 0 Å². The molecule has 2 amide bonds. The van der Waals surface area contributed by atoms with E-state index in [1.807, 2.05) is 24.3 Å². The van der Waals surface area contributed by atoms with Crippen LogP contribution in [0.3, 0.4) is 0 Å². The number of nitrogens with one attached hydrogen (secondary N) is 1. The van der Waals surface area contributed by atoms with Crippen molar-refractivity contribution in [3.05, 3.63) is 71.0 Å². The fourth-order valence-corrected chi connectivity index (χ4v) is 4.85. The maximum Gasteiger partial charge on any atom is 0.256 e. The highest BCUT2D eigenvalue weighted by Gasteiger charge is 2.48. The van der Waals surface area contributed by atoms with E-state index in [1.165, 1.54) is 6.07 Å². The third kappa shape index (κ3) is 2.80. The predicted molar refractivity (Wildman–Crippen MR) is 94.7 cm³/mol. The van der Waals surface area contributed by atoms with Crippen LogP contribution in [0.15, 0.2) is 48.5 Å². The van der Waals surface area contributed by atoms with Crippen molar-refractivity contribution in [1.82, 2.24) is 10.2 Å². The number of amides is 2. The van der Waals surface area contributed by atoms with E-state index in [-0.39, 0.29) is 23.0 Å². The molecule has 0 spiro atoms. The lowest BCUT2D eigenvalue weighted by Crippen LogP contribution is -2.46. The van der Waals surface area contributed by atoms with Gasteiger partial charge in [-0.05, 0) is 29.7 Å². The van der Waals surface area contributed by atoms with Crippen LogP contribution in [0.5, 0.6) is 0 Å². The van der Waals surface area contributed by atoms with E-state index in [9.17, 15) is 14.0 Å². The highest BCUT2D eigenvalue weighted by molar-refractivity contribution is 7.99. The maximum atomic E-state index is 13.6. The normalized spacial score (nSPS) is 21.2. The smallest absolute Gasteiger partial charge is 0.256 e. The van der Waals surface area contributed by atoms with Crippen molar-refractivity contribution in [2.45, 2.75) is 17.8 Å². The van der Waals surface area contributed by atoms with Crippen molar-refractivity contribution in [2.75, 3.05) is 12.3 Å². The van der Waals surface area contributed by atoms with Gasteiger partial charge in [-0.3, -0.25) is 9.59 Å². The topological polar surface area (TPSA) is 49.4 Å². The first kappa shape index (κ1) is 16.1. The van der Waals surface area contributed by atoms with Crippen molar-refractivity contribution in [1.29, 1.82) is 0 Å². The molecule has 0 unspecified atom stereocenters. The summed E-state index contributed by atoms with van der Waals surface area (Å²) in [6, 6.07) is 13.6. The lowest BCUT2D eigenvalue weighted by molar-refractivity contribution is -0.124. The Morgan fingerprint density at radius 2 is 1.96 bits per heavy atom. The maximum absolute atomic E-state index is 13.6. The van der Waals surface area contributed by atoms with Gasteiger partial charge in [-0.2, -0.15) is 0 Å². The third-order valence-electron chi connectivity index (χ3n) is 4.65. The van der Waals surface area contributed by atoms with Gasteiger partial charge in [-0.25, -0.2) is 4.39 Å². The monoisotopic (exact) mass is 356 g/mol.